The van der Waals surface area contributed by atoms with E-state index in [-0.39, 0.29) is 11.7 Å². The molecule has 1 atom stereocenters. The molecule has 2 heterocycles. The predicted molar refractivity (Wildman–Crippen MR) is 86.6 cm³/mol. The minimum atomic E-state index is -0.0877. The van der Waals surface area contributed by atoms with E-state index in [0.717, 1.165) is 56.0 Å². The van der Waals surface area contributed by atoms with Crippen molar-refractivity contribution in [3.63, 3.8) is 0 Å². The van der Waals surface area contributed by atoms with Crippen molar-refractivity contribution >= 4 is 0 Å². The van der Waals surface area contributed by atoms with Gasteiger partial charge in [-0.2, -0.15) is 0 Å². The Kier molecular flexibility index (Phi) is 4.59. The Morgan fingerprint density at radius 3 is 2.77 bits per heavy atom. The van der Waals surface area contributed by atoms with Crippen molar-refractivity contribution in [1.29, 1.82) is 0 Å². The molecule has 4 nitrogen and oxygen atoms in total. The lowest BCUT2D eigenvalue weighted by atomic mass is 9.82. The highest BCUT2D eigenvalue weighted by atomic mass is 16.5. The summed E-state index contributed by atoms with van der Waals surface area (Å²) in [5.41, 5.74) is 1.05. The summed E-state index contributed by atoms with van der Waals surface area (Å²) >= 11 is 0. The van der Waals surface area contributed by atoms with Crippen molar-refractivity contribution in [2.45, 2.75) is 44.8 Å². The van der Waals surface area contributed by atoms with E-state index in [1.54, 1.807) is 7.11 Å². The van der Waals surface area contributed by atoms with Crippen molar-refractivity contribution in [2.24, 2.45) is 5.92 Å². The molecule has 0 bridgehead atoms. The van der Waals surface area contributed by atoms with Gasteiger partial charge in [0.25, 0.3) is 0 Å². The number of piperidine rings is 1. The van der Waals surface area contributed by atoms with Crippen LogP contribution in [0, 0.1) is 5.92 Å². The van der Waals surface area contributed by atoms with Gasteiger partial charge in [0.15, 0.2) is 0 Å². The molecular weight excluding hydrogens is 278 g/mol. The Bertz CT molecular complexity index is 509. The summed E-state index contributed by atoms with van der Waals surface area (Å²) in [6.07, 6.45) is 3.11. The van der Waals surface area contributed by atoms with E-state index < -0.39 is 0 Å². The monoisotopic (exact) mass is 305 g/mol. The highest BCUT2D eigenvalue weighted by Gasteiger charge is 2.42. The van der Waals surface area contributed by atoms with E-state index in [2.05, 4.69) is 25.2 Å². The molecule has 1 aromatic rings. The maximum atomic E-state index is 6.44. The molecule has 2 aliphatic heterocycles. The van der Waals surface area contributed by atoms with Gasteiger partial charge in [-0.1, -0.05) is 13.8 Å². The van der Waals surface area contributed by atoms with Crippen molar-refractivity contribution < 1.29 is 14.2 Å². The van der Waals surface area contributed by atoms with Gasteiger partial charge in [-0.15, -0.1) is 0 Å². The minimum Gasteiger partial charge on any atom is -0.493 e. The Balaban J connectivity index is 1.84. The topological polar surface area (TPSA) is 39.7 Å². The average molecular weight is 305 g/mol. The number of rotatable bonds is 4. The van der Waals surface area contributed by atoms with E-state index in [1.165, 1.54) is 0 Å². The second kappa shape index (κ2) is 6.47. The van der Waals surface area contributed by atoms with E-state index >= 15 is 0 Å². The molecule has 122 valence electrons. The predicted octanol–water partition coefficient (Wildman–Crippen LogP) is 3.31. The average Bonchev–Trinajstić information content (AvgIpc) is 2.52. The van der Waals surface area contributed by atoms with Crippen LogP contribution in [0.2, 0.25) is 0 Å². The first-order chi connectivity index (χ1) is 10.6. The number of hydrogen-bond donors (Lipinski definition) is 1. The molecule has 0 radical (unpaired) electrons. The fourth-order valence-corrected chi connectivity index (χ4v) is 3.34. The molecule has 1 unspecified atom stereocenters. The van der Waals surface area contributed by atoms with Gasteiger partial charge in [0.2, 0.25) is 0 Å². The summed E-state index contributed by atoms with van der Waals surface area (Å²) in [6.45, 7) is 7.05. The van der Waals surface area contributed by atoms with Gasteiger partial charge in [-0.05, 0) is 44.0 Å². The van der Waals surface area contributed by atoms with Crippen molar-refractivity contribution in [1.82, 2.24) is 5.32 Å². The molecule has 0 aliphatic carbocycles. The van der Waals surface area contributed by atoms with Crippen LogP contribution >= 0.6 is 0 Å². The summed E-state index contributed by atoms with van der Waals surface area (Å²) in [4.78, 5) is 0. The van der Waals surface area contributed by atoms with E-state index in [0.29, 0.717) is 5.92 Å². The summed E-state index contributed by atoms with van der Waals surface area (Å²) in [6, 6.07) is 6.15. The first kappa shape index (κ1) is 15.6. The van der Waals surface area contributed by atoms with Gasteiger partial charge in [-0.3, -0.25) is 0 Å². The second-order valence-electron chi connectivity index (χ2n) is 6.87. The molecule has 1 aromatic carbocycles. The lowest BCUT2D eigenvalue weighted by Crippen LogP contribution is -2.49. The Hall–Kier alpha value is -1.26. The second-order valence-corrected chi connectivity index (χ2v) is 6.87. The van der Waals surface area contributed by atoms with Crippen LogP contribution < -0.4 is 14.8 Å². The van der Waals surface area contributed by atoms with Gasteiger partial charge in [-0.25, -0.2) is 0 Å². The van der Waals surface area contributed by atoms with Crippen molar-refractivity contribution in [3.8, 4) is 11.5 Å². The van der Waals surface area contributed by atoms with E-state index in [4.69, 9.17) is 14.2 Å². The molecule has 4 heteroatoms. The van der Waals surface area contributed by atoms with Crippen LogP contribution in [0.4, 0.5) is 0 Å². The highest BCUT2D eigenvalue weighted by molar-refractivity contribution is 5.44. The standard InChI is InChI=1S/C18H27NO3/c1-13(2)12-21-14-4-5-15-16(10-14)22-18(11-17(15)20-3)6-8-19-9-7-18/h4-5,10,13,17,19H,6-9,11-12H2,1-3H3. The number of ether oxygens (including phenoxy) is 3. The van der Waals surface area contributed by atoms with Crippen molar-refractivity contribution in [2.75, 3.05) is 26.8 Å². The largest absolute Gasteiger partial charge is 0.493 e. The molecule has 1 N–H and O–H groups in total. The van der Waals surface area contributed by atoms with Crippen LogP contribution in [-0.4, -0.2) is 32.4 Å². The number of methoxy groups -OCH3 is 1. The SMILES string of the molecule is COC1CC2(CCNCC2)Oc2cc(OCC(C)C)ccc21. The van der Waals surface area contributed by atoms with Gasteiger partial charge < -0.3 is 19.5 Å². The summed E-state index contributed by atoms with van der Waals surface area (Å²) in [5.74, 6) is 2.33. The number of nitrogens with one attached hydrogen (secondary N) is 1. The van der Waals surface area contributed by atoms with Crippen LogP contribution in [0.3, 0.4) is 0 Å². The van der Waals surface area contributed by atoms with Crippen LogP contribution in [0.1, 0.15) is 44.8 Å². The Morgan fingerprint density at radius 2 is 2.09 bits per heavy atom. The number of benzene rings is 1. The van der Waals surface area contributed by atoms with E-state index in [1.807, 2.05) is 12.1 Å². The third-order valence-corrected chi connectivity index (χ3v) is 4.60. The maximum Gasteiger partial charge on any atom is 0.129 e. The van der Waals surface area contributed by atoms with Crippen LogP contribution in [0.25, 0.3) is 0 Å². The molecule has 1 fully saturated rings. The zero-order valence-corrected chi connectivity index (χ0v) is 13.9. The first-order valence-electron chi connectivity index (χ1n) is 8.31. The van der Waals surface area contributed by atoms with E-state index in [9.17, 15) is 0 Å². The molecular formula is C18H27NO3. The lowest BCUT2D eigenvalue weighted by molar-refractivity contribution is -0.0480. The molecule has 0 aromatic heterocycles. The molecule has 1 spiro atoms. The van der Waals surface area contributed by atoms with Gasteiger partial charge >= 0.3 is 0 Å². The normalized spacial score (nSPS) is 23.2. The molecule has 0 amide bonds. The quantitative estimate of drug-likeness (QED) is 0.926. The Morgan fingerprint density at radius 1 is 1.32 bits per heavy atom. The van der Waals surface area contributed by atoms with Crippen LogP contribution in [-0.2, 0) is 4.74 Å². The molecule has 2 aliphatic rings. The van der Waals surface area contributed by atoms with Crippen molar-refractivity contribution in [3.05, 3.63) is 23.8 Å². The third-order valence-electron chi connectivity index (χ3n) is 4.60. The third kappa shape index (κ3) is 3.23. The minimum absolute atomic E-state index is 0.0877. The molecule has 3 rings (SSSR count). The van der Waals surface area contributed by atoms with Gasteiger partial charge in [0, 0.05) is 25.2 Å². The molecule has 0 saturated carbocycles. The summed E-state index contributed by atoms with van der Waals surface area (Å²) in [7, 11) is 1.79. The fourth-order valence-electron chi connectivity index (χ4n) is 3.34. The van der Waals surface area contributed by atoms with Crippen LogP contribution in [0.5, 0.6) is 11.5 Å². The molecule has 1 saturated heterocycles. The van der Waals surface area contributed by atoms with Gasteiger partial charge in [0.05, 0.1) is 12.7 Å². The number of hydrogen-bond acceptors (Lipinski definition) is 4. The maximum absolute atomic E-state index is 6.44. The number of fused-ring (bicyclic) bond motifs is 1. The van der Waals surface area contributed by atoms with Crippen LogP contribution in [0.15, 0.2) is 18.2 Å². The van der Waals surface area contributed by atoms with Gasteiger partial charge in [0.1, 0.15) is 17.1 Å². The zero-order chi connectivity index (χ0) is 15.6. The summed E-state index contributed by atoms with van der Waals surface area (Å²) in [5, 5.41) is 3.41. The zero-order valence-electron chi connectivity index (χ0n) is 13.9. The fraction of sp³-hybridized carbons (Fsp3) is 0.667. The highest BCUT2D eigenvalue weighted by Crippen LogP contribution is 2.45. The molecule has 22 heavy (non-hydrogen) atoms. The lowest BCUT2D eigenvalue weighted by Gasteiger charge is -2.44. The smallest absolute Gasteiger partial charge is 0.129 e. The first-order valence-corrected chi connectivity index (χ1v) is 8.31. The summed E-state index contributed by atoms with van der Waals surface area (Å²) < 4.78 is 18.0. The Labute approximate surface area is 133 Å².